The maximum Gasteiger partial charge on any atom is 0.239 e. The molecule has 0 saturated carbocycles. The van der Waals surface area contributed by atoms with Crippen LogP contribution in [0.3, 0.4) is 0 Å². The summed E-state index contributed by atoms with van der Waals surface area (Å²) in [6, 6.07) is 7.50. The van der Waals surface area contributed by atoms with E-state index in [1.54, 1.807) is 6.92 Å². The zero-order chi connectivity index (χ0) is 13.8. The number of carbonyl (C=O) groups excluding carboxylic acids is 1. The van der Waals surface area contributed by atoms with Crippen LogP contribution in [0.5, 0.6) is 0 Å². The predicted octanol–water partition coefficient (Wildman–Crippen LogP) is 3.13. The Bertz CT molecular complexity index is 430. The van der Waals surface area contributed by atoms with E-state index in [0.29, 0.717) is 0 Å². The van der Waals surface area contributed by atoms with Crippen molar-refractivity contribution in [2.75, 3.05) is 6.54 Å². The molecule has 1 aromatic carbocycles. The van der Waals surface area contributed by atoms with E-state index < -0.39 is 6.04 Å². The number of rotatable bonds is 2. The van der Waals surface area contributed by atoms with Gasteiger partial charge in [0.15, 0.2) is 0 Å². The molecule has 104 valence electrons. The van der Waals surface area contributed by atoms with Crippen molar-refractivity contribution >= 4 is 17.5 Å². The molecule has 0 aromatic heterocycles. The lowest BCUT2D eigenvalue weighted by molar-refractivity contribution is -0.134. The lowest BCUT2D eigenvalue weighted by Crippen LogP contribution is -2.44. The number of carbonyl (C=O) groups is 1. The molecule has 1 aliphatic rings. The van der Waals surface area contributed by atoms with Gasteiger partial charge in [-0.3, -0.25) is 4.79 Å². The second-order valence-electron chi connectivity index (χ2n) is 5.24. The van der Waals surface area contributed by atoms with Gasteiger partial charge in [0.1, 0.15) is 0 Å². The fourth-order valence-electron chi connectivity index (χ4n) is 2.67. The normalized spacial score (nSPS) is 21.8. The predicted molar refractivity (Wildman–Crippen MR) is 78.0 cm³/mol. The molecule has 1 saturated heterocycles. The second-order valence-corrected chi connectivity index (χ2v) is 5.67. The zero-order valence-corrected chi connectivity index (χ0v) is 12.1. The number of hydrogen-bond acceptors (Lipinski definition) is 2. The van der Waals surface area contributed by atoms with Gasteiger partial charge in [-0.2, -0.15) is 0 Å². The van der Waals surface area contributed by atoms with Crippen LogP contribution in [0.1, 0.15) is 44.2 Å². The van der Waals surface area contributed by atoms with E-state index in [2.05, 4.69) is 0 Å². The Hall–Kier alpha value is -1.06. The van der Waals surface area contributed by atoms with Crippen molar-refractivity contribution in [1.29, 1.82) is 0 Å². The third-order valence-electron chi connectivity index (χ3n) is 3.68. The SMILES string of the molecule is C[C@@H](N)C(=O)N1CCCCCC1c1ccc(Cl)cc1. The van der Waals surface area contributed by atoms with Gasteiger partial charge in [0.2, 0.25) is 5.91 Å². The molecule has 19 heavy (non-hydrogen) atoms. The summed E-state index contributed by atoms with van der Waals surface area (Å²) in [6.07, 6.45) is 4.38. The van der Waals surface area contributed by atoms with Gasteiger partial charge < -0.3 is 10.6 Å². The molecule has 2 atom stereocenters. The summed E-state index contributed by atoms with van der Waals surface area (Å²) < 4.78 is 0. The first kappa shape index (κ1) is 14.4. The van der Waals surface area contributed by atoms with Crippen LogP contribution < -0.4 is 5.73 Å². The number of hydrogen-bond donors (Lipinski definition) is 1. The molecule has 1 heterocycles. The van der Waals surface area contributed by atoms with Crippen LogP contribution in [0.15, 0.2) is 24.3 Å². The van der Waals surface area contributed by atoms with Crippen LogP contribution in [-0.4, -0.2) is 23.4 Å². The van der Waals surface area contributed by atoms with Gasteiger partial charge >= 0.3 is 0 Å². The molecule has 3 nitrogen and oxygen atoms in total. The van der Waals surface area contributed by atoms with Gasteiger partial charge in [0.25, 0.3) is 0 Å². The maximum atomic E-state index is 12.3. The van der Waals surface area contributed by atoms with Crippen LogP contribution in [0.4, 0.5) is 0 Å². The molecular weight excluding hydrogens is 260 g/mol. The molecule has 2 N–H and O–H groups in total. The molecule has 0 bridgehead atoms. The topological polar surface area (TPSA) is 46.3 Å². The number of nitrogens with two attached hydrogens (primary N) is 1. The first-order chi connectivity index (χ1) is 9.09. The average Bonchev–Trinajstić information content (AvgIpc) is 2.64. The van der Waals surface area contributed by atoms with E-state index in [0.717, 1.165) is 36.4 Å². The van der Waals surface area contributed by atoms with Crippen molar-refractivity contribution in [2.24, 2.45) is 5.73 Å². The summed E-state index contributed by atoms with van der Waals surface area (Å²) in [5.74, 6) is 0.0434. The summed E-state index contributed by atoms with van der Waals surface area (Å²) in [6.45, 7) is 2.56. The van der Waals surface area contributed by atoms with Gasteiger partial charge in [-0.25, -0.2) is 0 Å². The van der Waals surface area contributed by atoms with Gasteiger partial charge in [-0.15, -0.1) is 0 Å². The number of amides is 1. The van der Waals surface area contributed by atoms with Crippen LogP contribution >= 0.6 is 11.6 Å². The largest absolute Gasteiger partial charge is 0.334 e. The minimum absolute atomic E-state index is 0.0434. The van der Waals surface area contributed by atoms with Crippen LogP contribution in [0.2, 0.25) is 5.02 Å². The highest BCUT2D eigenvalue weighted by molar-refractivity contribution is 6.30. The Labute approximate surface area is 119 Å². The summed E-state index contributed by atoms with van der Waals surface area (Å²) in [7, 11) is 0. The highest BCUT2D eigenvalue weighted by atomic mass is 35.5. The molecule has 1 amide bonds. The summed E-state index contributed by atoms with van der Waals surface area (Å²) >= 11 is 5.93. The van der Waals surface area contributed by atoms with Crippen LogP contribution in [-0.2, 0) is 4.79 Å². The molecule has 2 rings (SSSR count). The van der Waals surface area contributed by atoms with Crippen molar-refractivity contribution in [3.63, 3.8) is 0 Å². The third kappa shape index (κ3) is 3.48. The number of benzene rings is 1. The Morgan fingerprint density at radius 2 is 2.00 bits per heavy atom. The Morgan fingerprint density at radius 1 is 1.32 bits per heavy atom. The lowest BCUT2D eigenvalue weighted by atomic mass is 10.0. The molecule has 1 unspecified atom stereocenters. The Morgan fingerprint density at radius 3 is 2.63 bits per heavy atom. The second kappa shape index (κ2) is 6.40. The van der Waals surface area contributed by atoms with E-state index in [1.807, 2.05) is 29.2 Å². The van der Waals surface area contributed by atoms with Gasteiger partial charge in [0, 0.05) is 11.6 Å². The standard InChI is InChI=1S/C15H21ClN2O/c1-11(17)15(19)18-10-4-2-3-5-14(18)12-6-8-13(16)9-7-12/h6-9,11,14H,2-5,10,17H2,1H3/t11-,14?/m1/s1. The fraction of sp³-hybridized carbons (Fsp3) is 0.533. The van der Waals surface area contributed by atoms with E-state index in [9.17, 15) is 4.79 Å². The van der Waals surface area contributed by atoms with Crippen molar-refractivity contribution in [3.8, 4) is 0 Å². The van der Waals surface area contributed by atoms with Crippen molar-refractivity contribution in [3.05, 3.63) is 34.9 Å². The number of nitrogens with zero attached hydrogens (tertiary/aromatic N) is 1. The van der Waals surface area contributed by atoms with Gasteiger partial charge in [0.05, 0.1) is 12.1 Å². The molecule has 1 aromatic rings. The number of likely N-dealkylation sites (tertiary alicyclic amines) is 1. The van der Waals surface area contributed by atoms with Crippen molar-refractivity contribution in [1.82, 2.24) is 4.90 Å². The third-order valence-corrected chi connectivity index (χ3v) is 3.93. The van der Waals surface area contributed by atoms with E-state index in [4.69, 9.17) is 17.3 Å². The summed E-state index contributed by atoms with van der Waals surface area (Å²) in [5.41, 5.74) is 6.92. The molecular formula is C15H21ClN2O. The van der Waals surface area contributed by atoms with Crippen LogP contribution in [0.25, 0.3) is 0 Å². The quantitative estimate of drug-likeness (QED) is 0.905. The van der Waals surface area contributed by atoms with E-state index in [-0.39, 0.29) is 11.9 Å². The van der Waals surface area contributed by atoms with E-state index >= 15 is 0 Å². The molecule has 0 radical (unpaired) electrons. The summed E-state index contributed by atoms with van der Waals surface area (Å²) in [5, 5.41) is 0.724. The average molecular weight is 281 g/mol. The maximum absolute atomic E-state index is 12.3. The minimum atomic E-state index is -0.437. The fourth-order valence-corrected chi connectivity index (χ4v) is 2.79. The first-order valence-electron chi connectivity index (χ1n) is 6.91. The van der Waals surface area contributed by atoms with Crippen molar-refractivity contribution < 1.29 is 4.79 Å². The molecule has 0 spiro atoms. The van der Waals surface area contributed by atoms with Gasteiger partial charge in [-0.05, 0) is 37.5 Å². The first-order valence-corrected chi connectivity index (χ1v) is 7.29. The van der Waals surface area contributed by atoms with Crippen LogP contribution in [0, 0.1) is 0 Å². The monoisotopic (exact) mass is 280 g/mol. The van der Waals surface area contributed by atoms with Crippen molar-refractivity contribution in [2.45, 2.75) is 44.7 Å². The highest BCUT2D eigenvalue weighted by Gasteiger charge is 2.28. The Balaban J connectivity index is 2.26. The molecule has 1 fully saturated rings. The highest BCUT2D eigenvalue weighted by Crippen LogP contribution is 2.31. The van der Waals surface area contributed by atoms with Gasteiger partial charge in [-0.1, -0.05) is 36.6 Å². The smallest absolute Gasteiger partial charge is 0.239 e. The molecule has 0 aliphatic carbocycles. The molecule has 1 aliphatic heterocycles. The van der Waals surface area contributed by atoms with E-state index in [1.165, 1.54) is 6.42 Å². The Kier molecular flexibility index (Phi) is 4.83. The lowest BCUT2D eigenvalue weighted by Gasteiger charge is -2.31. The molecule has 4 heteroatoms. The summed E-state index contributed by atoms with van der Waals surface area (Å²) in [4.78, 5) is 14.2. The minimum Gasteiger partial charge on any atom is -0.334 e. The number of halogens is 1. The zero-order valence-electron chi connectivity index (χ0n) is 11.3.